The molecule has 0 saturated carbocycles. The number of aromatic nitrogens is 2. The van der Waals surface area contributed by atoms with E-state index in [2.05, 4.69) is 4.98 Å². The van der Waals surface area contributed by atoms with Crippen molar-refractivity contribution in [1.29, 1.82) is 0 Å². The van der Waals surface area contributed by atoms with E-state index < -0.39 is 11.9 Å². The van der Waals surface area contributed by atoms with E-state index in [-0.39, 0.29) is 0 Å². The van der Waals surface area contributed by atoms with E-state index >= 15 is 0 Å². The fourth-order valence-electron chi connectivity index (χ4n) is 1.76. The number of benzene rings is 1. The van der Waals surface area contributed by atoms with E-state index in [1.807, 2.05) is 17.7 Å². The SMILES string of the molecule is CCn1ccnc1C(N)c1ccc(Cl)cc1F. The van der Waals surface area contributed by atoms with Crippen LogP contribution in [0.3, 0.4) is 0 Å². The van der Waals surface area contributed by atoms with Crippen molar-refractivity contribution in [1.82, 2.24) is 9.55 Å². The summed E-state index contributed by atoms with van der Waals surface area (Å²) in [6, 6.07) is 3.90. The first-order valence-electron chi connectivity index (χ1n) is 5.35. The number of nitrogens with two attached hydrogens (primary N) is 1. The van der Waals surface area contributed by atoms with E-state index in [1.165, 1.54) is 6.07 Å². The molecule has 0 fully saturated rings. The number of hydrogen-bond acceptors (Lipinski definition) is 2. The minimum absolute atomic E-state index is 0.359. The molecule has 3 nitrogen and oxygen atoms in total. The van der Waals surface area contributed by atoms with Crippen LogP contribution in [0.4, 0.5) is 4.39 Å². The highest BCUT2D eigenvalue weighted by atomic mass is 35.5. The van der Waals surface area contributed by atoms with Crippen LogP contribution in [-0.2, 0) is 6.54 Å². The summed E-state index contributed by atoms with van der Waals surface area (Å²) in [5, 5.41) is 0.359. The molecule has 17 heavy (non-hydrogen) atoms. The van der Waals surface area contributed by atoms with Crippen LogP contribution in [0, 0.1) is 5.82 Å². The summed E-state index contributed by atoms with van der Waals surface area (Å²) in [6.07, 6.45) is 3.48. The van der Waals surface area contributed by atoms with Crippen LogP contribution in [0.5, 0.6) is 0 Å². The number of halogens is 2. The van der Waals surface area contributed by atoms with E-state index in [0.29, 0.717) is 16.4 Å². The molecule has 0 aliphatic rings. The standard InChI is InChI=1S/C12H13ClFN3/c1-2-17-6-5-16-12(17)11(15)9-4-3-8(13)7-10(9)14/h3-7,11H,2,15H2,1H3. The largest absolute Gasteiger partial charge is 0.334 e. The summed E-state index contributed by atoms with van der Waals surface area (Å²) < 4.78 is 15.6. The van der Waals surface area contributed by atoms with Crippen molar-refractivity contribution in [3.8, 4) is 0 Å². The van der Waals surface area contributed by atoms with Gasteiger partial charge in [-0.25, -0.2) is 9.37 Å². The highest BCUT2D eigenvalue weighted by molar-refractivity contribution is 6.30. The zero-order valence-electron chi connectivity index (χ0n) is 9.40. The lowest BCUT2D eigenvalue weighted by atomic mass is 10.1. The Hall–Kier alpha value is -1.39. The molecular formula is C12H13ClFN3. The number of rotatable bonds is 3. The second-order valence-electron chi connectivity index (χ2n) is 3.71. The Balaban J connectivity index is 2.40. The molecule has 1 aromatic heterocycles. The Morgan fingerprint density at radius 2 is 2.29 bits per heavy atom. The van der Waals surface area contributed by atoms with E-state index in [1.54, 1.807) is 18.3 Å². The molecule has 0 aliphatic carbocycles. The molecule has 0 spiro atoms. The third-order valence-corrected chi connectivity index (χ3v) is 2.90. The molecule has 0 radical (unpaired) electrons. The van der Waals surface area contributed by atoms with Gasteiger partial charge in [-0.2, -0.15) is 0 Å². The maximum atomic E-state index is 13.7. The normalized spacial score (nSPS) is 12.7. The first kappa shape index (κ1) is 12.1. The molecule has 1 atom stereocenters. The number of imidazole rings is 1. The van der Waals surface area contributed by atoms with E-state index in [0.717, 1.165) is 6.54 Å². The minimum Gasteiger partial charge on any atom is -0.334 e. The Bertz CT molecular complexity index is 524. The third-order valence-electron chi connectivity index (χ3n) is 2.66. The van der Waals surface area contributed by atoms with Gasteiger partial charge in [0.25, 0.3) is 0 Å². The smallest absolute Gasteiger partial charge is 0.130 e. The maximum Gasteiger partial charge on any atom is 0.130 e. The molecule has 1 unspecified atom stereocenters. The monoisotopic (exact) mass is 253 g/mol. The zero-order valence-corrected chi connectivity index (χ0v) is 10.2. The van der Waals surface area contributed by atoms with Gasteiger partial charge in [0.15, 0.2) is 0 Å². The van der Waals surface area contributed by atoms with Gasteiger partial charge >= 0.3 is 0 Å². The van der Waals surface area contributed by atoms with Crippen molar-refractivity contribution in [3.05, 3.63) is 52.8 Å². The number of hydrogen-bond donors (Lipinski definition) is 1. The van der Waals surface area contributed by atoms with Gasteiger partial charge in [-0.3, -0.25) is 0 Å². The molecule has 2 N–H and O–H groups in total. The lowest BCUT2D eigenvalue weighted by Gasteiger charge is -2.14. The van der Waals surface area contributed by atoms with Crippen LogP contribution in [-0.4, -0.2) is 9.55 Å². The lowest BCUT2D eigenvalue weighted by molar-refractivity contribution is 0.581. The molecule has 90 valence electrons. The maximum absolute atomic E-state index is 13.7. The van der Waals surface area contributed by atoms with Crippen molar-refractivity contribution in [3.63, 3.8) is 0 Å². The van der Waals surface area contributed by atoms with Crippen molar-refractivity contribution in [2.45, 2.75) is 19.5 Å². The molecule has 2 rings (SSSR count). The van der Waals surface area contributed by atoms with E-state index in [9.17, 15) is 4.39 Å². The first-order chi connectivity index (χ1) is 8.13. The molecule has 1 aromatic carbocycles. The first-order valence-corrected chi connectivity index (χ1v) is 5.72. The number of nitrogens with zero attached hydrogens (tertiary/aromatic N) is 2. The third kappa shape index (κ3) is 2.33. The van der Waals surface area contributed by atoms with Gasteiger partial charge in [0.2, 0.25) is 0 Å². The summed E-state index contributed by atoms with van der Waals surface area (Å²) in [7, 11) is 0. The molecular weight excluding hydrogens is 241 g/mol. The van der Waals surface area contributed by atoms with Gasteiger partial charge in [0.1, 0.15) is 11.6 Å². The second kappa shape index (κ2) is 4.85. The van der Waals surface area contributed by atoms with Gasteiger partial charge in [-0.15, -0.1) is 0 Å². The van der Waals surface area contributed by atoms with Crippen molar-refractivity contribution in [2.24, 2.45) is 5.73 Å². The van der Waals surface area contributed by atoms with Gasteiger partial charge in [0, 0.05) is 29.5 Å². The molecule has 1 heterocycles. The van der Waals surface area contributed by atoms with Crippen molar-refractivity contribution in [2.75, 3.05) is 0 Å². The fourth-order valence-corrected chi connectivity index (χ4v) is 1.92. The molecule has 0 aliphatic heterocycles. The Morgan fingerprint density at radius 1 is 1.53 bits per heavy atom. The van der Waals surface area contributed by atoms with Crippen molar-refractivity contribution >= 4 is 11.6 Å². The van der Waals surface area contributed by atoms with Crippen LogP contribution in [0.25, 0.3) is 0 Å². The quantitative estimate of drug-likeness (QED) is 0.914. The highest BCUT2D eigenvalue weighted by Gasteiger charge is 2.17. The lowest BCUT2D eigenvalue weighted by Crippen LogP contribution is -2.18. The summed E-state index contributed by atoms with van der Waals surface area (Å²) in [4.78, 5) is 4.17. The summed E-state index contributed by atoms with van der Waals surface area (Å²) >= 11 is 5.70. The average Bonchev–Trinajstić information content (AvgIpc) is 2.76. The van der Waals surface area contributed by atoms with Crippen LogP contribution in [0.15, 0.2) is 30.6 Å². The van der Waals surface area contributed by atoms with Crippen LogP contribution >= 0.6 is 11.6 Å². The summed E-state index contributed by atoms with van der Waals surface area (Å²) in [5.41, 5.74) is 6.42. The predicted molar refractivity (Wildman–Crippen MR) is 65.3 cm³/mol. The Morgan fingerprint density at radius 3 is 2.94 bits per heavy atom. The van der Waals surface area contributed by atoms with Crippen LogP contribution < -0.4 is 5.73 Å². The molecule has 0 bridgehead atoms. The highest BCUT2D eigenvalue weighted by Crippen LogP contribution is 2.23. The minimum atomic E-state index is -0.581. The molecule has 2 aromatic rings. The molecule has 5 heteroatoms. The molecule has 0 saturated heterocycles. The van der Waals surface area contributed by atoms with Gasteiger partial charge in [0.05, 0.1) is 6.04 Å². The van der Waals surface area contributed by atoms with Crippen molar-refractivity contribution < 1.29 is 4.39 Å². The Kier molecular flexibility index (Phi) is 3.45. The summed E-state index contributed by atoms with van der Waals surface area (Å²) in [6.45, 7) is 2.73. The van der Waals surface area contributed by atoms with E-state index in [4.69, 9.17) is 17.3 Å². The molecule has 0 amide bonds. The van der Waals surface area contributed by atoms with Gasteiger partial charge in [-0.1, -0.05) is 17.7 Å². The second-order valence-corrected chi connectivity index (χ2v) is 4.15. The Labute approximate surface area is 104 Å². The van der Waals surface area contributed by atoms with Crippen LogP contribution in [0.2, 0.25) is 5.02 Å². The average molecular weight is 254 g/mol. The predicted octanol–water partition coefficient (Wildman–Crippen LogP) is 2.74. The summed E-state index contributed by atoms with van der Waals surface area (Å²) in [5.74, 6) is 0.240. The zero-order chi connectivity index (χ0) is 12.4. The van der Waals surface area contributed by atoms with Gasteiger partial charge < -0.3 is 10.3 Å². The number of aryl methyl sites for hydroxylation is 1. The fraction of sp³-hybridized carbons (Fsp3) is 0.250. The van der Waals surface area contributed by atoms with Crippen LogP contribution in [0.1, 0.15) is 24.4 Å². The topological polar surface area (TPSA) is 43.8 Å². The van der Waals surface area contributed by atoms with Gasteiger partial charge in [-0.05, 0) is 19.1 Å².